The number of phenols is 1. The van der Waals surface area contributed by atoms with Crippen LogP contribution in [0.2, 0.25) is 0 Å². The summed E-state index contributed by atoms with van der Waals surface area (Å²) in [5.74, 6) is 1.11. The molecule has 38 heavy (non-hydrogen) atoms. The molecule has 0 bridgehead atoms. The molecule has 1 aromatic carbocycles. The minimum atomic E-state index is -0.0321. The van der Waals surface area contributed by atoms with Gasteiger partial charge in [0.05, 0.1) is 29.1 Å². The van der Waals surface area contributed by atoms with Gasteiger partial charge >= 0.3 is 18.4 Å². The third-order valence-electron chi connectivity index (χ3n) is 7.86. The molecule has 10 nitrogen and oxygen atoms in total. The molecule has 4 aliphatic rings. The normalized spacial score (nSPS) is 18.6. The first-order valence-corrected chi connectivity index (χ1v) is 13.5. The van der Waals surface area contributed by atoms with E-state index in [0.29, 0.717) is 45.3 Å². The fourth-order valence-corrected chi connectivity index (χ4v) is 5.81. The Morgan fingerprint density at radius 3 is 2.66 bits per heavy atom. The Kier molecular flexibility index (Phi) is 6.74. The lowest BCUT2D eigenvalue weighted by Crippen LogP contribution is -2.49. The molecule has 198 valence electrons. The molecule has 5 heterocycles. The summed E-state index contributed by atoms with van der Waals surface area (Å²) in [5, 5.41) is 10.3. The van der Waals surface area contributed by atoms with Crippen molar-refractivity contribution in [2.75, 3.05) is 68.8 Å². The number of phenolic OH excluding ortho intramolecular Hbond substituents is 1. The summed E-state index contributed by atoms with van der Waals surface area (Å²) in [4.78, 5) is 30.6. The van der Waals surface area contributed by atoms with Crippen molar-refractivity contribution in [1.29, 1.82) is 0 Å². The predicted octanol–water partition coefficient (Wildman–Crippen LogP) is 0.973. The first-order valence-electron chi connectivity index (χ1n) is 13.5. The summed E-state index contributed by atoms with van der Waals surface area (Å²) >= 11 is 0. The Balaban J connectivity index is 1.26. The standard InChI is InChI=1S/C28H33N7O3/c1-2-26(37)33-9-11-34(12-10-33)27-22-5-8-35(25-16-21(36)15-20-17-29-18-23(20)25)19-24(22)30-28(31-27)38-14-13-32-6-3-4-7-32/h2,15-18H,1,3-14,19H2/p+1. The summed E-state index contributed by atoms with van der Waals surface area (Å²) in [6, 6.07) is 3.95. The van der Waals surface area contributed by atoms with Gasteiger partial charge in [-0.1, -0.05) is 11.2 Å². The van der Waals surface area contributed by atoms with Gasteiger partial charge < -0.3 is 24.5 Å². The zero-order valence-electron chi connectivity index (χ0n) is 21.7. The van der Waals surface area contributed by atoms with Crippen LogP contribution in [0.4, 0.5) is 11.5 Å². The molecule has 4 aliphatic heterocycles. The van der Waals surface area contributed by atoms with E-state index in [2.05, 4.69) is 25.9 Å². The molecule has 0 saturated carbocycles. The number of aromatic hydroxyl groups is 1. The number of nitrogens with zero attached hydrogens (tertiary/aromatic N) is 7. The fraction of sp³-hybridized carbons (Fsp3) is 0.464. The van der Waals surface area contributed by atoms with E-state index < -0.39 is 0 Å². The molecule has 1 amide bonds. The second-order valence-corrected chi connectivity index (χ2v) is 10.2. The van der Waals surface area contributed by atoms with E-state index in [1.165, 1.54) is 18.9 Å². The summed E-state index contributed by atoms with van der Waals surface area (Å²) in [7, 11) is 0. The quantitative estimate of drug-likeness (QED) is 0.367. The van der Waals surface area contributed by atoms with E-state index >= 15 is 0 Å². The molecule has 0 unspecified atom stereocenters. The number of anilines is 2. The Morgan fingerprint density at radius 1 is 1.05 bits per heavy atom. The lowest BCUT2D eigenvalue weighted by atomic mass is 10.0. The van der Waals surface area contributed by atoms with Gasteiger partial charge in [-0.15, -0.1) is 0 Å². The topological polar surface area (TPSA) is 99.4 Å². The van der Waals surface area contributed by atoms with Gasteiger partial charge in [0.2, 0.25) is 5.91 Å². The zero-order chi connectivity index (χ0) is 26.1. The Labute approximate surface area is 222 Å². The van der Waals surface area contributed by atoms with Gasteiger partial charge in [0.1, 0.15) is 18.2 Å². The number of rotatable bonds is 7. The number of ether oxygens (including phenoxy) is 1. The highest BCUT2D eigenvalue weighted by molar-refractivity contribution is 6.05. The van der Waals surface area contributed by atoms with Crippen LogP contribution in [0.1, 0.15) is 35.2 Å². The largest absolute Gasteiger partial charge is 0.508 e. The van der Waals surface area contributed by atoms with Crippen LogP contribution in [-0.4, -0.2) is 102 Å². The van der Waals surface area contributed by atoms with Crippen molar-refractivity contribution in [1.82, 2.24) is 24.4 Å². The van der Waals surface area contributed by atoms with Gasteiger partial charge in [0.25, 0.3) is 0 Å². The summed E-state index contributed by atoms with van der Waals surface area (Å²) in [5.41, 5.74) is 4.97. The maximum absolute atomic E-state index is 12.1. The molecule has 1 N–H and O–H groups in total. The van der Waals surface area contributed by atoms with Gasteiger partial charge in [0, 0.05) is 50.9 Å². The van der Waals surface area contributed by atoms with E-state index in [1.54, 1.807) is 18.3 Å². The smallest absolute Gasteiger partial charge is 0.318 e. The van der Waals surface area contributed by atoms with Crippen molar-refractivity contribution in [2.45, 2.75) is 25.8 Å². The summed E-state index contributed by atoms with van der Waals surface area (Å²) < 4.78 is 10.4. The maximum Gasteiger partial charge on any atom is 0.318 e. The number of hydrogen-bond donors (Lipinski definition) is 1. The van der Waals surface area contributed by atoms with Crippen LogP contribution < -0.4 is 19.2 Å². The lowest BCUT2D eigenvalue weighted by Gasteiger charge is -2.38. The Morgan fingerprint density at radius 2 is 1.87 bits per heavy atom. The first kappa shape index (κ1) is 24.5. The Hall–Kier alpha value is -3.88. The van der Waals surface area contributed by atoms with Crippen LogP contribution >= 0.6 is 0 Å². The van der Waals surface area contributed by atoms with E-state index in [9.17, 15) is 9.90 Å². The van der Waals surface area contributed by atoms with Crippen LogP contribution in [0, 0.1) is 0 Å². The minimum absolute atomic E-state index is 0.0321. The van der Waals surface area contributed by atoms with Gasteiger partial charge in [-0.25, -0.2) is 0 Å². The number of benzene rings is 1. The summed E-state index contributed by atoms with van der Waals surface area (Å²) in [6.45, 7) is 11.3. The molecule has 0 atom stereocenters. The fourth-order valence-electron chi connectivity index (χ4n) is 5.81. The molecule has 6 rings (SSSR count). The molecule has 10 heteroatoms. The summed E-state index contributed by atoms with van der Waals surface area (Å²) in [6.07, 6.45) is 8.27. The van der Waals surface area contributed by atoms with Gasteiger partial charge in [0.15, 0.2) is 0 Å². The molecule has 2 saturated heterocycles. The van der Waals surface area contributed by atoms with E-state index in [4.69, 9.17) is 14.7 Å². The number of amides is 1. The number of carbonyl (C=O) groups is 1. The van der Waals surface area contributed by atoms with Gasteiger partial charge in [-0.3, -0.25) is 9.69 Å². The predicted molar refractivity (Wildman–Crippen MR) is 148 cm³/mol. The second kappa shape index (κ2) is 10.5. The molecular formula is C28H34N7O3+. The number of piperazine rings is 1. The first-order chi connectivity index (χ1) is 18.6. The van der Waals surface area contributed by atoms with E-state index in [1.807, 2.05) is 11.1 Å². The average Bonchev–Trinajstić information content (AvgIpc) is 3.64. The van der Waals surface area contributed by atoms with Gasteiger partial charge in [-0.05, 0) is 44.5 Å². The highest BCUT2D eigenvalue weighted by atomic mass is 16.5. The van der Waals surface area contributed by atoms with Crippen molar-refractivity contribution in [3.63, 3.8) is 0 Å². The van der Waals surface area contributed by atoms with Crippen molar-refractivity contribution < 1.29 is 14.6 Å². The van der Waals surface area contributed by atoms with Crippen LogP contribution in [0.25, 0.3) is 0 Å². The van der Waals surface area contributed by atoms with Crippen molar-refractivity contribution in [3.8, 4) is 11.8 Å². The van der Waals surface area contributed by atoms with Crippen LogP contribution in [0.15, 0.2) is 24.8 Å². The van der Waals surface area contributed by atoms with Crippen molar-refractivity contribution in [2.24, 2.45) is 0 Å². The molecule has 0 aliphatic carbocycles. The molecule has 2 aromatic rings. The Bertz CT molecular complexity index is 1310. The minimum Gasteiger partial charge on any atom is -0.508 e. The van der Waals surface area contributed by atoms with Crippen LogP contribution in [0.5, 0.6) is 11.8 Å². The molecule has 1 aromatic heterocycles. The van der Waals surface area contributed by atoms with Crippen LogP contribution in [-0.2, 0) is 17.8 Å². The monoisotopic (exact) mass is 516 g/mol. The second-order valence-electron chi connectivity index (χ2n) is 10.2. The van der Waals surface area contributed by atoms with E-state index in [-0.39, 0.29) is 11.7 Å². The zero-order valence-corrected chi connectivity index (χ0v) is 21.7. The number of aromatic nitrogens is 2. The van der Waals surface area contributed by atoms with Gasteiger partial charge in [-0.2, -0.15) is 9.97 Å². The average molecular weight is 517 g/mol. The maximum atomic E-state index is 12.1. The molecule has 0 radical (unpaired) electrons. The van der Waals surface area contributed by atoms with Crippen molar-refractivity contribution >= 4 is 29.8 Å². The SMILES string of the molecule is C=CC(=O)N1CCN(c2nc(OCCN3CCCC3)nc3c2CCN(c2cc(O)cc4c2C=[N+]=C4)C3)CC1. The molecule has 0 spiro atoms. The third-order valence-corrected chi connectivity index (χ3v) is 7.86. The number of fused-ring (bicyclic) bond motifs is 2. The lowest BCUT2D eigenvalue weighted by molar-refractivity contribution is -0.126. The highest BCUT2D eigenvalue weighted by Gasteiger charge is 2.30. The number of likely N-dealkylation sites (tertiary alicyclic amines) is 1. The number of hydrogen-bond acceptors (Lipinski definition) is 8. The molecular weight excluding hydrogens is 482 g/mol. The highest BCUT2D eigenvalue weighted by Crippen LogP contribution is 2.35. The third kappa shape index (κ3) is 4.85. The number of carbonyl (C=O) groups excluding carboxylic acids is 1. The van der Waals surface area contributed by atoms with Crippen molar-refractivity contribution in [3.05, 3.63) is 47.2 Å². The molecule has 2 fully saturated rings. The van der Waals surface area contributed by atoms with Crippen LogP contribution in [0.3, 0.4) is 0 Å². The van der Waals surface area contributed by atoms with E-state index in [0.717, 1.165) is 66.5 Å².